The molecule has 0 aliphatic heterocycles. The Kier molecular flexibility index (Phi) is 2.67. The van der Waals surface area contributed by atoms with Crippen LogP contribution in [0.3, 0.4) is 0 Å². The van der Waals surface area contributed by atoms with Crippen LogP contribution in [-0.4, -0.2) is 15.0 Å². The third-order valence-corrected chi connectivity index (χ3v) is 3.36. The molecule has 3 rings (SSSR count). The summed E-state index contributed by atoms with van der Waals surface area (Å²) in [4.78, 5) is 12.5. The number of thiophene rings is 1. The number of nitrogens with one attached hydrogen (secondary N) is 1. The van der Waals surface area contributed by atoms with Crippen LogP contribution >= 0.6 is 11.3 Å². The van der Waals surface area contributed by atoms with Gasteiger partial charge in [0.05, 0.1) is 10.2 Å². The molecule has 4 nitrogen and oxygen atoms in total. The predicted octanol–water partition coefficient (Wildman–Crippen LogP) is 2.70. The molecule has 17 heavy (non-hydrogen) atoms. The fourth-order valence-corrected chi connectivity index (χ4v) is 2.41. The minimum atomic E-state index is 0.743. The first-order valence-corrected chi connectivity index (χ1v) is 6.12. The van der Waals surface area contributed by atoms with Crippen molar-refractivity contribution in [3.8, 4) is 0 Å². The molecule has 0 unspecified atom stereocenters. The fraction of sp³-hybridized carbons (Fsp3) is 0.0833. The number of hydrogen-bond donors (Lipinski definition) is 1. The summed E-state index contributed by atoms with van der Waals surface area (Å²) < 4.78 is 1.10. The maximum atomic E-state index is 4.27. The van der Waals surface area contributed by atoms with Crippen LogP contribution in [0.5, 0.6) is 0 Å². The number of hydrogen-bond acceptors (Lipinski definition) is 5. The lowest BCUT2D eigenvalue weighted by Gasteiger charge is -2.05. The first kappa shape index (κ1) is 10.2. The SMILES string of the molecule is c1cc(CNc2ncnc3ccsc23)ccn1. The Balaban J connectivity index is 1.84. The molecular formula is C12H10N4S. The quantitative estimate of drug-likeness (QED) is 0.767. The van der Waals surface area contributed by atoms with Gasteiger partial charge in [0.1, 0.15) is 12.1 Å². The van der Waals surface area contributed by atoms with Gasteiger partial charge in [-0.2, -0.15) is 0 Å². The highest BCUT2D eigenvalue weighted by atomic mass is 32.1. The van der Waals surface area contributed by atoms with Gasteiger partial charge in [-0.15, -0.1) is 11.3 Å². The van der Waals surface area contributed by atoms with Gasteiger partial charge < -0.3 is 5.32 Å². The molecule has 3 aromatic heterocycles. The summed E-state index contributed by atoms with van der Waals surface area (Å²) in [6.07, 6.45) is 5.17. The second-order valence-electron chi connectivity index (χ2n) is 3.57. The maximum Gasteiger partial charge on any atom is 0.147 e. The normalized spacial score (nSPS) is 10.6. The van der Waals surface area contributed by atoms with Crippen LogP contribution < -0.4 is 5.32 Å². The first-order valence-electron chi connectivity index (χ1n) is 5.24. The zero-order valence-corrected chi connectivity index (χ0v) is 9.81. The van der Waals surface area contributed by atoms with Crippen LogP contribution in [0.4, 0.5) is 5.82 Å². The van der Waals surface area contributed by atoms with Crippen LogP contribution in [0.1, 0.15) is 5.56 Å². The summed E-state index contributed by atoms with van der Waals surface area (Å²) in [5.41, 5.74) is 2.17. The number of aromatic nitrogens is 3. The van der Waals surface area contributed by atoms with Crippen molar-refractivity contribution in [3.63, 3.8) is 0 Å². The van der Waals surface area contributed by atoms with Crippen molar-refractivity contribution in [1.82, 2.24) is 15.0 Å². The van der Waals surface area contributed by atoms with Crippen molar-refractivity contribution < 1.29 is 0 Å². The van der Waals surface area contributed by atoms with Crippen LogP contribution in [0.2, 0.25) is 0 Å². The Bertz CT molecular complexity index is 620. The first-order chi connectivity index (χ1) is 8.43. The second-order valence-corrected chi connectivity index (χ2v) is 4.48. The number of anilines is 1. The van der Waals surface area contributed by atoms with E-state index in [0.29, 0.717) is 0 Å². The lowest BCUT2D eigenvalue weighted by molar-refractivity contribution is 1.09. The van der Waals surface area contributed by atoms with E-state index in [1.165, 1.54) is 5.56 Å². The molecule has 0 fully saturated rings. The maximum absolute atomic E-state index is 4.27. The molecule has 0 amide bonds. The van der Waals surface area contributed by atoms with Crippen molar-refractivity contribution in [3.05, 3.63) is 47.9 Å². The molecule has 1 N–H and O–H groups in total. The monoisotopic (exact) mass is 242 g/mol. The number of rotatable bonds is 3. The zero-order chi connectivity index (χ0) is 11.5. The molecular weight excluding hydrogens is 232 g/mol. The van der Waals surface area contributed by atoms with Gasteiger partial charge in [0.15, 0.2) is 0 Å². The standard InChI is InChI=1S/C12H10N4S/c1-4-13-5-2-9(1)7-14-12-11-10(3-6-17-11)15-8-16-12/h1-6,8H,7H2,(H,14,15,16). The highest BCUT2D eigenvalue weighted by molar-refractivity contribution is 7.17. The van der Waals surface area contributed by atoms with E-state index in [4.69, 9.17) is 0 Å². The highest BCUT2D eigenvalue weighted by Crippen LogP contribution is 2.24. The van der Waals surface area contributed by atoms with Gasteiger partial charge in [0.25, 0.3) is 0 Å². The van der Waals surface area contributed by atoms with E-state index in [9.17, 15) is 0 Å². The van der Waals surface area contributed by atoms with Crippen molar-refractivity contribution in [1.29, 1.82) is 0 Å². The molecule has 0 bridgehead atoms. The Hall–Kier alpha value is -2.01. The molecule has 3 aromatic rings. The van der Waals surface area contributed by atoms with Gasteiger partial charge in [-0.05, 0) is 29.1 Å². The summed E-state index contributed by atoms with van der Waals surface area (Å²) in [5, 5.41) is 5.35. The largest absolute Gasteiger partial charge is 0.365 e. The van der Waals surface area contributed by atoms with Crippen molar-refractivity contribution in [2.45, 2.75) is 6.54 Å². The van der Waals surface area contributed by atoms with Crippen molar-refractivity contribution in [2.75, 3.05) is 5.32 Å². The fourth-order valence-electron chi connectivity index (χ4n) is 1.60. The molecule has 0 atom stereocenters. The third-order valence-electron chi connectivity index (χ3n) is 2.45. The van der Waals surface area contributed by atoms with E-state index in [-0.39, 0.29) is 0 Å². The van der Waals surface area contributed by atoms with Gasteiger partial charge in [-0.3, -0.25) is 4.98 Å². The van der Waals surface area contributed by atoms with Gasteiger partial charge in [-0.1, -0.05) is 0 Å². The Morgan fingerprint density at radius 3 is 2.88 bits per heavy atom. The molecule has 0 spiro atoms. The summed E-state index contributed by atoms with van der Waals surface area (Å²) in [6.45, 7) is 0.743. The minimum absolute atomic E-state index is 0.743. The number of pyridine rings is 1. The summed E-state index contributed by atoms with van der Waals surface area (Å²) in [6, 6.07) is 5.97. The van der Waals surface area contributed by atoms with E-state index in [1.807, 2.05) is 23.6 Å². The number of fused-ring (bicyclic) bond motifs is 1. The van der Waals surface area contributed by atoms with E-state index in [0.717, 1.165) is 22.6 Å². The predicted molar refractivity (Wildman–Crippen MR) is 69.0 cm³/mol. The summed E-state index contributed by atoms with van der Waals surface area (Å²) >= 11 is 1.65. The highest BCUT2D eigenvalue weighted by Gasteiger charge is 2.03. The topological polar surface area (TPSA) is 50.7 Å². The number of nitrogens with zero attached hydrogens (tertiary/aromatic N) is 3. The lowest BCUT2D eigenvalue weighted by Crippen LogP contribution is -2.01. The molecule has 0 aliphatic rings. The summed E-state index contributed by atoms with van der Waals surface area (Å²) in [7, 11) is 0. The third kappa shape index (κ3) is 2.09. The average Bonchev–Trinajstić information content (AvgIpc) is 2.86. The molecule has 0 radical (unpaired) electrons. The van der Waals surface area contributed by atoms with Crippen molar-refractivity contribution >= 4 is 27.4 Å². The molecule has 0 saturated heterocycles. The van der Waals surface area contributed by atoms with Crippen LogP contribution in [0.25, 0.3) is 10.2 Å². The molecule has 0 saturated carbocycles. The Morgan fingerprint density at radius 2 is 2.00 bits per heavy atom. The smallest absolute Gasteiger partial charge is 0.147 e. The minimum Gasteiger partial charge on any atom is -0.365 e. The van der Waals surface area contributed by atoms with E-state index in [1.54, 1.807) is 30.1 Å². The van der Waals surface area contributed by atoms with E-state index < -0.39 is 0 Å². The Morgan fingerprint density at radius 1 is 1.12 bits per heavy atom. The van der Waals surface area contributed by atoms with Gasteiger partial charge >= 0.3 is 0 Å². The van der Waals surface area contributed by atoms with Crippen molar-refractivity contribution in [2.24, 2.45) is 0 Å². The van der Waals surface area contributed by atoms with Gasteiger partial charge in [0, 0.05) is 18.9 Å². The van der Waals surface area contributed by atoms with Crippen LogP contribution in [-0.2, 0) is 6.54 Å². The molecule has 3 heterocycles. The van der Waals surface area contributed by atoms with Gasteiger partial charge in [0.2, 0.25) is 0 Å². The molecule has 84 valence electrons. The Labute approximate surface area is 102 Å². The van der Waals surface area contributed by atoms with Crippen LogP contribution in [0, 0.1) is 0 Å². The summed E-state index contributed by atoms with van der Waals surface area (Å²) in [5.74, 6) is 0.891. The average molecular weight is 242 g/mol. The van der Waals surface area contributed by atoms with E-state index in [2.05, 4.69) is 20.3 Å². The zero-order valence-electron chi connectivity index (χ0n) is 9.00. The second kappa shape index (κ2) is 4.47. The van der Waals surface area contributed by atoms with Crippen LogP contribution in [0.15, 0.2) is 42.3 Å². The van der Waals surface area contributed by atoms with Gasteiger partial charge in [-0.25, -0.2) is 9.97 Å². The van der Waals surface area contributed by atoms with E-state index >= 15 is 0 Å². The molecule has 5 heteroatoms. The molecule has 0 aromatic carbocycles. The lowest BCUT2D eigenvalue weighted by atomic mass is 10.3. The molecule has 0 aliphatic carbocycles.